The fraction of sp³-hybridized carbons (Fsp3) is 0.417. The zero-order chi connectivity index (χ0) is 25.8. The number of rotatable bonds is 9. The van der Waals surface area contributed by atoms with Crippen molar-refractivity contribution in [2.75, 3.05) is 24.6 Å². The summed E-state index contributed by atoms with van der Waals surface area (Å²) in [4.78, 5) is 13.3. The molecule has 2 N–H and O–H groups in total. The Labute approximate surface area is 206 Å². The normalized spacial score (nSPS) is 17.4. The Bertz CT molecular complexity index is 1080. The van der Waals surface area contributed by atoms with Gasteiger partial charge in [0.05, 0.1) is 17.6 Å². The maximum Gasteiger partial charge on any atom is 0.573 e. The Balaban J connectivity index is 1.28. The second-order valence-corrected chi connectivity index (χ2v) is 8.84. The van der Waals surface area contributed by atoms with Crippen molar-refractivity contribution in [3.63, 3.8) is 0 Å². The number of piperidine rings is 1. The molecular formula is C24H27F3N4O5. The average molecular weight is 508 g/mol. The number of halogens is 3. The summed E-state index contributed by atoms with van der Waals surface area (Å²) < 4.78 is 52.4. The van der Waals surface area contributed by atoms with Crippen LogP contribution in [0.2, 0.25) is 0 Å². The first-order valence-electron chi connectivity index (χ1n) is 11.4. The van der Waals surface area contributed by atoms with Crippen LogP contribution in [0.5, 0.6) is 11.5 Å². The Morgan fingerprint density at radius 1 is 1.11 bits per heavy atom. The molecule has 0 aromatic heterocycles. The van der Waals surface area contributed by atoms with Crippen molar-refractivity contribution in [2.45, 2.75) is 44.5 Å². The standard InChI is InChI=1S/C24H27F3N4O5/c1-23(28-10-11-29-23)16-35-22-7-4-18(14-21(22)31(32)33)30-12-8-19(9-13-30)34-15-17-2-5-20(6-3-17)36-24(25,26)27/h2-7,10-11,14,19,28-29H,8-9,12-13,15-16H2,1H3. The van der Waals surface area contributed by atoms with Crippen molar-refractivity contribution < 1.29 is 32.3 Å². The van der Waals surface area contributed by atoms with Crippen LogP contribution >= 0.6 is 0 Å². The number of hydrogen-bond donors (Lipinski definition) is 2. The molecule has 0 saturated carbocycles. The average Bonchev–Trinajstić information content (AvgIpc) is 3.28. The second-order valence-electron chi connectivity index (χ2n) is 8.84. The predicted octanol–water partition coefficient (Wildman–Crippen LogP) is 4.44. The first kappa shape index (κ1) is 25.4. The predicted molar refractivity (Wildman–Crippen MR) is 126 cm³/mol. The van der Waals surface area contributed by atoms with Crippen LogP contribution in [0.25, 0.3) is 0 Å². The molecule has 9 nitrogen and oxygen atoms in total. The van der Waals surface area contributed by atoms with E-state index >= 15 is 0 Å². The van der Waals surface area contributed by atoms with Crippen molar-refractivity contribution >= 4 is 11.4 Å². The molecule has 0 amide bonds. The summed E-state index contributed by atoms with van der Waals surface area (Å²) in [5.74, 6) is -0.0755. The summed E-state index contributed by atoms with van der Waals surface area (Å²) >= 11 is 0. The molecule has 1 saturated heterocycles. The summed E-state index contributed by atoms with van der Waals surface area (Å²) in [6, 6.07) is 10.5. The lowest BCUT2D eigenvalue weighted by Crippen LogP contribution is -2.50. The molecule has 0 bridgehead atoms. The number of alkyl halides is 3. The second kappa shape index (κ2) is 10.5. The first-order valence-corrected chi connectivity index (χ1v) is 11.4. The van der Waals surface area contributed by atoms with Gasteiger partial charge < -0.3 is 29.7 Å². The van der Waals surface area contributed by atoms with E-state index in [9.17, 15) is 23.3 Å². The fourth-order valence-corrected chi connectivity index (χ4v) is 4.05. The molecule has 2 heterocycles. The maximum atomic E-state index is 12.3. The smallest absolute Gasteiger partial charge is 0.482 e. The highest BCUT2D eigenvalue weighted by atomic mass is 19.4. The molecule has 2 aliphatic heterocycles. The minimum absolute atomic E-state index is 0.0225. The highest BCUT2D eigenvalue weighted by Gasteiger charge is 2.31. The van der Waals surface area contributed by atoms with E-state index < -0.39 is 16.9 Å². The van der Waals surface area contributed by atoms with Crippen LogP contribution in [-0.4, -0.2) is 42.7 Å². The summed E-state index contributed by atoms with van der Waals surface area (Å²) in [5.41, 5.74) is 0.842. The van der Waals surface area contributed by atoms with E-state index in [2.05, 4.69) is 20.3 Å². The number of hydrogen-bond acceptors (Lipinski definition) is 8. The van der Waals surface area contributed by atoms with Gasteiger partial charge in [-0.3, -0.25) is 10.1 Å². The van der Waals surface area contributed by atoms with Gasteiger partial charge in [-0.2, -0.15) is 0 Å². The Hall–Kier alpha value is -3.67. The van der Waals surface area contributed by atoms with Gasteiger partial charge in [-0.1, -0.05) is 12.1 Å². The Morgan fingerprint density at radius 2 is 1.78 bits per heavy atom. The summed E-state index contributed by atoms with van der Waals surface area (Å²) in [7, 11) is 0. The molecule has 0 radical (unpaired) electrons. The van der Waals surface area contributed by atoms with E-state index in [4.69, 9.17) is 9.47 Å². The first-order chi connectivity index (χ1) is 17.1. The number of nitro groups is 1. The third-order valence-corrected chi connectivity index (χ3v) is 5.99. The van der Waals surface area contributed by atoms with Crippen LogP contribution < -0.4 is 25.0 Å². The molecule has 2 aromatic carbocycles. The number of ether oxygens (including phenoxy) is 3. The van der Waals surface area contributed by atoms with Crippen molar-refractivity contribution in [1.29, 1.82) is 0 Å². The molecule has 0 spiro atoms. The quantitative estimate of drug-likeness (QED) is 0.379. The van der Waals surface area contributed by atoms with E-state index in [-0.39, 0.29) is 36.5 Å². The van der Waals surface area contributed by atoms with Gasteiger partial charge in [-0.05, 0) is 49.6 Å². The largest absolute Gasteiger partial charge is 0.573 e. The lowest BCUT2D eigenvalue weighted by molar-refractivity contribution is -0.385. The SMILES string of the molecule is CC1(COc2ccc(N3CCC(OCc4ccc(OC(F)(F)F)cc4)CC3)cc2[N+](=O)[O-])NC=CN1. The van der Waals surface area contributed by atoms with Crippen molar-refractivity contribution in [3.8, 4) is 11.5 Å². The van der Waals surface area contributed by atoms with Gasteiger partial charge >= 0.3 is 12.0 Å². The van der Waals surface area contributed by atoms with Crippen molar-refractivity contribution in [3.05, 3.63) is 70.5 Å². The van der Waals surface area contributed by atoms with Crippen molar-refractivity contribution in [1.82, 2.24) is 10.6 Å². The summed E-state index contributed by atoms with van der Waals surface area (Å²) in [5, 5.41) is 17.9. The Kier molecular flexibility index (Phi) is 7.43. The van der Waals surface area contributed by atoms with Crippen LogP contribution in [0, 0.1) is 10.1 Å². The van der Waals surface area contributed by atoms with E-state index in [1.165, 1.54) is 30.3 Å². The lowest BCUT2D eigenvalue weighted by atomic mass is 10.1. The minimum Gasteiger partial charge on any atom is -0.482 e. The molecule has 0 unspecified atom stereocenters. The minimum atomic E-state index is -4.72. The molecule has 0 aliphatic carbocycles. The van der Waals surface area contributed by atoms with Gasteiger partial charge in [0.1, 0.15) is 18.0 Å². The van der Waals surface area contributed by atoms with Crippen LogP contribution in [-0.2, 0) is 11.3 Å². The van der Waals surface area contributed by atoms with Crippen LogP contribution in [0.15, 0.2) is 54.9 Å². The molecule has 0 atom stereocenters. The van der Waals surface area contributed by atoms with E-state index in [0.29, 0.717) is 25.9 Å². The van der Waals surface area contributed by atoms with Gasteiger partial charge in [-0.25, -0.2) is 0 Å². The van der Waals surface area contributed by atoms with Gasteiger partial charge in [0.15, 0.2) is 5.75 Å². The summed E-state index contributed by atoms with van der Waals surface area (Å²) in [6.07, 6.45) is 0.175. The lowest BCUT2D eigenvalue weighted by Gasteiger charge is -2.33. The molecule has 12 heteroatoms. The summed E-state index contributed by atoms with van der Waals surface area (Å²) in [6.45, 7) is 3.65. The zero-order valence-corrected chi connectivity index (χ0v) is 19.6. The van der Waals surface area contributed by atoms with E-state index in [1.54, 1.807) is 18.5 Å². The molecule has 36 heavy (non-hydrogen) atoms. The van der Waals surface area contributed by atoms with Crippen LogP contribution in [0.3, 0.4) is 0 Å². The van der Waals surface area contributed by atoms with Gasteiger partial charge in [0.2, 0.25) is 0 Å². The fourth-order valence-electron chi connectivity index (χ4n) is 4.05. The monoisotopic (exact) mass is 508 g/mol. The van der Waals surface area contributed by atoms with Gasteiger partial charge in [-0.15, -0.1) is 13.2 Å². The molecule has 2 aliphatic rings. The molecule has 194 valence electrons. The van der Waals surface area contributed by atoms with Gasteiger partial charge in [0.25, 0.3) is 0 Å². The van der Waals surface area contributed by atoms with Crippen LogP contribution in [0.1, 0.15) is 25.3 Å². The molecule has 1 fully saturated rings. The zero-order valence-electron chi connectivity index (χ0n) is 19.6. The van der Waals surface area contributed by atoms with E-state index in [1.807, 2.05) is 13.0 Å². The number of nitrogens with one attached hydrogen (secondary N) is 2. The topological polar surface area (TPSA) is 98.1 Å². The molecule has 4 rings (SSSR count). The third kappa shape index (κ3) is 6.72. The number of nitrogens with zero attached hydrogens (tertiary/aromatic N) is 2. The third-order valence-electron chi connectivity index (χ3n) is 5.99. The van der Waals surface area contributed by atoms with Gasteiger partial charge in [0, 0.05) is 37.2 Å². The molecular weight excluding hydrogens is 481 g/mol. The number of benzene rings is 2. The Morgan fingerprint density at radius 3 is 2.39 bits per heavy atom. The molecule has 2 aromatic rings. The highest BCUT2D eigenvalue weighted by Crippen LogP contribution is 2.33. The van der Waals surface area contributed by atoms with Crippen LogP contribution in [0.4, 0.5) is 24.5 Å². The number of nitro benzene ring substituents is 1. The van der Waals surface area contributed by atoms with E-state index in [0.717, 1.165) is 11.3 Å². The maximum absolute atomic E-state index is 12.3. The highest BCUT2D eigenvalue weighted by molar-refractivity contribution is 5.60. The van der Waals surface area contributed by atoms with Crippen molar-refractivity contribution in [2.24, 2.45) is 0 Å². The number of anilines is 1.